The number of rotatable bonds is 3. The van der Waals surface area contributed by atoms with Crippen molar-refractivity contribution in [2.75, 3.05) is 5.32 Å². The van der Waals surface area contributed by atoms with E-state index in [0.717, 1.165) is 43.5 Å². The highest BCUT2D eigenvalue weighted by molar-refractivity contribution is 5.93. The molecule has 0 bridgehead atoms. The SMILES string of the molecule is CCc1nn(C)cc1NC(=O)C1CCCCCC1N. The third-order valence-electron chi connectivity index (χ3n) is 3.90. The Morgan fingerprint density at radius 2 is 2.21 bits per heavy atom. The van der Waals surface area contributed by atoms with Gasteiger partial charge in [-0.05, 0) is 19.3 Å². The van der Waals surface area contributed by atoms with Crippen LogP contribution in [0.3, 0.4) is 0 Å². The van der Waals surface area contributed by atoms with Gasteiger partial charge in [-0.15, -0.1) is 0 Å². The maximum atomic E-state index is 12.4. The average Bonchev–Trinajstić information content (AvgIpc) is 2.58. The molecule has 5 heteroatoms. The number of hydrogen-bond acceptors (Lipinski definition) is 3. The summed E-state index contributed by atoms with van der Waals surface area (Å²) in [6.45, 7) is 2.04. The molecule has 1 fully saturated rings. The van der Waals surface area contributed by atoms with Crippen molar-refractivity contribution in [3.05, 3.63) is 11.9 Å². The molecular weight excluding hydrogens is 240 g/mol. The van der Waals surface area contributed by atoms with Crippen molar-refractivity contribution in [3.63, 3.8) is 0 Å². The number of anilines is 1. The highest BCUT2D eigenvalue weighted by Gasteiger charge is 2.27. The maximum Gasteiger partial charge on any atom is 0.229 e. The molecule has 1 amide bonds. The molecule has 2 atom stereocenters. The van der Waals surface area contributed by atoms with Gasteiger partial charge in [0, 0.05) is 19.3 Å². The van der Waals surface area contributed by atoms with E-state index in [0.29, 0.717) is 0 Å². The molecule has 0 saturated heterocycles. The van der Waals surface area contributed by atoms with Crippen molar-refractivity contribution < 1.29 is 4.79 Å². The van der Waals surface area contributed by atoms with E-state index in [-0.39, 0.29) is 17.9 Å². The molecule has 106 valence electrons. The molecule has 0 aromatic carbocycles. The van der Waals surface area contributed by atoms with Crippen LogP contribution in [0.4, 0.5) is 5.69 Å². The molecule has 0 radical (unpaired) electrons. The zero-order chi connectivity index (χ0) is 13.8. The minimum Gasteiger partial charge on any atom is -0.327 e. The average molecular weight is 264 g/mol. The van der Waals surface area contributed by atoms with Gasteiger partial charge in [0.25, 0.3) is 0 Å². The van der Waals surface area contributed by atoms with Crippen LogP contribution in [-0.2, 0) is 18.3 Å². The lowest BCUT2D eigenvalue weighted by Crippen LogP contribution is -2.37. The Morgan fingerprint density at radius 1 is 1.47 bits per heavy atom. The topological polar surface area (TPSA) is 72.9 Å². The van der Waals surface area contributed by atoms with Crippen LogP contribution in [0.25, 0.3) is 0 Å². The molecule has 5 nitrogen and oxygen atoms in total. The van der Waals surface area contributed by atoms with Crippen LogP contribution < -0.4 is 11.1 Å². The number of nitrogens with zero attached hydrogens (tertiary/aromatic N) is 2. The lowest BCUT2D eigenvalue weighted by atomic mass is 9.94. The van der Waals surface area contributed by atoms with Crippen LogP contribution in [0, 0.1) is 5.92 Å². The Balaban J connectivity index is 2.06. The van der Waals surface area contributed by atoms with Crippen molar-refractivity contribution >= 4 is 11.6 Å². The fourth-order valence-electron chi connectivity index (χ4n) is 2.79. The summed E-state index contributed by atoms with van der Waals surface area (Å²) in [5.74, 6) is -0.00971. The van der Waals surface area contributed by atoms with E-state index in [1.807, 2.05) is 20.2 Å². The fraction of sp³-hybridized carbons (Fsp3) is 0.714. The molecule has 1 heterocycles. The number of hydrogen-bond donors (Lipinski definition) is 2. The first kappa shape index (κ1) is 14.1. The van der Waals surface area contributed by atoms with Gasteiger partial charge in [0.05, 0.1) is 17.3 Å². The maximum absolute atomic E-state index is 12.4. The van der Waals surface area contributed by atoms with E-state index in [1.54, 1.807) is 4.68 Å². The van der Waals surface area contributed by atoms with Crippen LogP contribution in [0.5, 0.6) is 0 Å². The fourth-order valence-corrected chi connectivity index (χ4v) is 2.79. The number of aromatic nitrogens is 2. The van der Waals surface area contributed by atoms with E-state index in [4.69, 9.17) is 5.73 Å². The summed E-state index contributed by atoms with van der Waals surface area (Å²) < 4.78 is 1.74. The summed E-state index contributed by atoms with van der Waals surface area (Å²) >= 11 is 0. The number of carbonyl (C=O) groups is 1. The van der Waals surface area contributed by atoms with Crippen molar-refractivity contribution in [3.8, 4) is 0 Å². The van der Waals surface area contributed by atoms with Gasteiger partial charge >= 0.3 is 0 Å². The van der Waals surface area contributed by atoms with Gasteiger partial charge in [-0.25, -0.2) is 0 Å². The van der Waals surface area contributed by atoms with Crippen LogP contribution in [0.15, 0.2) is 6.20 Å². The molecule has 2 rings (SSSR count). The molecule has 2 unspecified atom stereocenters. The highest BCUT2D eigenvalue weighted by atomic mass is 16.1. The number of aryl methyl sites for hydroxylation is 2. The Kier molecular flexibility index (Phi) is 4.58. The van der Waals surface area contributed by atoms with E-state index < -0.39 is 0 Å². The van der Waals surface area contributed by atoms with E-state index in [9.17, 15) is 4.79 Å². The number of carbonyl (C=O) groups excluding carboxylic acids is 1. The molecule has 1 aromatic rings. The zero-order valence-corrected chi connectivity index (χ0v) is 11.9. The summed E-state index contributed by atoms with van der Waals surface area (Å²) in [6, 6.07) is -0.00996. The molecule has 1 saturated carbocycles. The summed E-state index contributed by atoms with van der Waals surface area (Å²) in [7, 11) is 1.87. The summed E-state index contributed by atoms with van der Waals surface area (Å²) in [4.78, 5) is 12.4. The van der Waals surface area contributed by atoms with Crippen LogP contribution in [0.2, 0.25) is 0 Å². The molecule has 1 aliphatic rings. The zero-order valence-electron chi connectivity index (χ0n) is 11.9. The van der Waals surface area contributed by atoms with Gasteiger partial charge in [0.1, 0.15) is 0 Å². The second-order valence-electron chi connectivity index (χ2n) is 5.41. The molecule has 0 aliphatic heterocycles. The molecule has 19 heavy (non-hydrogen) atoms. The van der Waals surface area contributed by atoms with Crippen LogP contribution in [-0.4, -0.2) is 21.7 Å². The first-order chi connectivity index (χ1) is 9.11. The largest absolute Gasteiger partial charge is 0.327 e. The van der Waals surface area contributed by atoms with Gasteiger partial charge in [-0.1, -0.05) is 26.2 Å². The number of nitrogens with two attached hydrogens (primary N) is 1. The minimum atomic E-state index is -0.0626. The van der Waals surface area contributed by atoms with Crippen LogP contribution >= 0.6 is 0 Å². The lowest BCUT2D eigenvalue weighted by Gasteiger charge is -2.20. The first-order valence-corrected chi connectivity index (χ1v) is 7.20. The smallest absolute Gasteiger partial charge is 0.229 e. The Morgan fingerprint density at radius 3 is 2.95 bits per heavy atom. The third kappa shape index (κ3) is 3.35. The molecule has 3 N–H and O–H groups in total. The molecule has 1 aliphatic carbocycles. The highest BCUT2D eigenvalue weighted by Crippen LogP contribution is 2.24. The minimum absolute atomic E-state index is 0.00996. The number of nitrogens with one attached hydrogen (secondary N) is 1. The Hall–Kier alpha value is -1.36. The molecular formula is C14H24N4O. The standard InChI is InChI=1S/C14H24N4O/c1-3-12-13(9-18(2)17-12)16-14(19)10-7-5-4-6-8-11(10)15/h9-11H,3-8,15H2,1-2H3,(H,16,19). The second kappa shape index (κ2) is 6.19. The van der Waals surface area contributed by atoms with E-state index in [2.05, 4.69) is 10.4 Å². The Bertz CT molecular complexity index is 441. The number of amides is 1. The van der Waals surface area contributed by atoms with Crippen molar-refractivity contribution in [2.24, 2.45) is 18.7 Å². The van der Waals surface area contributed by atoms with E-state index >= 15 is 0 Å². The lowest BCUT2D eigenvalue weighted by molar-refractivity contribution is -0.120. The predicted octanol–water partition coefficient (Wildman–Crippen LogP) is 1.83. The van der Waals surface area contributed by atoms with Gasteiger partial charge in [-0.3, -0.25) is 9.48 Å². The van der Waals surface area contributed by atoms with Gasteiger partial charge in [0.2, 0.25) is 5.91 Å². The second-order valence-corrected chi connectivity index (χ2v) is 5.41. The predicted molar refractivity (Wildman–Crippen MR) is 75.8 cm³/mol. The summed E-state index contributed by atoms with van der Waals surface area (Å²) in [5, 5.41) is 7.34. The first-order valence-electron chi connectivity index (χ1n) is 7.20. The van der Waals surface area contributed by atoms with Crippen molar-refractivity contribution in [1.82, 2.24) is 9.78 Å². The molecule has 1 aromatic heterocycles. The van der Waals surface area contributed by atoms with Crippen molar-refractivity contribution in [1.29, 1.82) is 0 Å². The van der Waals surface area contributed by atoms with Gasteiger partial charge in [0.15, 0.2) is 0 Å². The third-order valence-corrected chi connectivity index (χ3v) is 3.90. The monoisotopic (exact) mass is 264 g/mol. The van der Waals surface area contributed by atoms with Gasteiger partial charge < -0.3 is 11.1 Å². The normalized spacial score (nSPS) is 23.9. The van der Waals surface area contributed by atoms with Crippen LogP contribution in [0.1, 0.15) is 44.7 Å². The molecule has 0 spiro atoms. The van der Waals surface area contributed by atoms with Crippen molar-refractivity contribution in [2.45, 2.75) is 51.5 Å². The quantitative estimate of drug-likeness (QED) is 0.818. The Labute approximate surface area is 114 Å². The summed E-state index contributed by atoms with van der Waals surface area (Å²) in [6.07, 6.45) is 7.94. The van der Waals surface area contributed by atoms with E-state index in [1.165, 1.54) is 6.42 Å². The summed E-state index contributed by atoms with van der Waals surface area (Å²) in [5.41, 5.74) is 7.88. The van der Waals surface area contributed by atoms with Gasteiger partial charge in [-0.2, -0.15) is 5.10 Å².